The van der Waals surface area contributed by atoms with Crippen LogP contribution in [0.1, 0.15) is 10.4 Å². The lowest BCUT2D eigenvalue weighted by molar-refractivity contribution is -0.153. The Morgan fingerprint density at radius 3 is 2.74 bits per heavy atom. The molecule has 1 aliphatic carbocycles. The van der Waals surface area contributed by atoms with E-state index in [0.29, 0.717) is 12.2 Å². The van der Waals surface area contributed by atoms with Crippen molar-refractivity contribution < 1.29 is 23.5 Å². The van der Waals surface area contributed by atoms with Gasteiger partial charge >= 0.3 is 0 Å². The fraction of sp³-hybridized carbons (Fsp3) is 0.429. The predicted molar refractivity (Wildman–Crippen MR) is 60.8 cm³/mol. The van der Waals surface area contributed by atoms with Crippen LogP contribution in [0.25, 0.3) is 0 Å². The van der Waals surface area contributed by atoms with Crippen molar-refractivity contribution in [2.75, 3.05) is 6.61 Å². The number of Topliss-reactive ketones (excluding diaryl/α,β-unsaturated/α-hetero) is 2. The first-order valence-corrected chi connectivity index (χ1v) is 6.27. The lowest BCUT2D eigenvalue weighted by Crippen LogP contribution is -2.30. The molecule has 0 spiro atoms. The highest BCUT2D eigenvalue weighted by Crippen LogP contribution is 2.57. The fourth-order valence-electron chi connectivity index (χ4n) is 3.24. The topological polar surface area (TPSA) is 52.6 Å². The number of carbonyl (C=O) groups is 2. The van der Waals surface area contributed by atoms with E-state index in [1.807, 2.05) is 0 Å². The Morgan fingerprint density at radius 1 is 1.26 bits per heavy atom. The van der Waals surface area contributed by atoms with Crippen molar-refractivity contribution >= 4 is 11.6 Å². The number of ketones is 2. The van der Waals surface area contributed by atoms with Crippen molar-refractivity contribution in [1.29, 1.82) is 0 Å². The molecule has 0 radical (unpaired) electrons. The molecule has 4 nitrogen and oxygen atoms in total. The van der Waals surface area contributed by atoms with Crippen LogP contribution in [0.4, 0.5) is 4.39 Å². The van der Waals surface area contributed by atoms with Crippen molar-refractivity contribution in [3.8, 4) is 0 Å². The second kappa shape index (κ2) is 3.71. The molecule has 1 saturated carbocycles. The average Bonchev–Trinajstić information content (AvgIpc) is 3.02. The Hall–Kier alpha value is -1.59. The van der Waals surface area contributed by atoms with Gasteiger partial charge in [-0.05, 0) is 24.3 Å². The van der Waals surface area contributed by atoms with Gasteiger partial charge in [0, 0.05) is 23.3 Å². The molecule has 98 valence electrons. The summed E-state index contributed by atoms with van der Waals surface area (Å²) in [5, 5.41) is 0. The summed E-state index contributed by atoms with van der Waals surface area (Å²) in [6.07, 6.45) is -0.931. The number of halogens is 1. The third-order valence-corrected chi connectivity index (χ3v) is 4.21. The summed E-state index contributed by atoms with van der Waals surface area (Å²) in [6, 6.07) is 5.43. The van der Waals surface area contributed by atoms with Gasteiger partial charge in [0.25, 0.3) is 0 Å². The third-order valence-electron chi connectivity index (χ3n) is 4.21. The van der Waals surface area contributed by atoms with Crippen molar-refractivity contribution in [2.24, 2.45) is 17.8 Å². The Labute approximate surface area is 108 Å². The average molecular weight is 262 g/mol. The van der Waals surface area contributed by atoms with Crippen LogP contribution in [0.2, 0.25) is 0 Å². The van der Waals surface area contributed by atoms with Gasteiger partial charge in [-0.15, -0.1) is 0 Å². The highest BCUT2D eigenvalue weighted by molar-refractivity contribution is 6.05. The number of benzene rings is 1. The second-order valence-corrected chi connectivity index (χ2v) is 5.24. The van der Waals surface area contributed by atoms with E-state index in [1.54, 1.807) is 0 Å². The van der Waals surface area contributed by atoms with Gasteiger partial charge in [0.15, 0.2) is 11.6 Å². The van der Waals surface area contributed by atoms with E-state index >= 15 is 0 Å². The van der Waals surface area contributed by atoms with Gasteiger partial charge in [-0.25, -0.2) is 4.39 Å². The van der Waals surface area contributed by atoms with Gasteiger partial charge < -0.3 is 9.47 Å². The van der Waals surface area contributed by atoms with Crippen LogP contribution in [0.15, 0.2) is 24.3 Å². The first-order valence-electron chi connectivity index (χ1n) is 6.27. The van der Waals surface area contributed by atoms with Gasteiger partial charge in [-0.3, -0.25) is 9.59 Å². The maximum absolute atomic E-state index is 12.8. The minimum Gasteiger partial charge on any atom is -0.343 e. The molecule has 1 aromatic carbocycles. The van der Waals surface area contributed by atoms with Crippen LogP contribution in [-0.2, 0) is 14.3 Å². The molecule has 5 atom stereocenters. The number of hydrogen-bond acceptors (Lipinski definition) is 4. The fourth-order valence-corrected chi connectivity index (χ4v) is 3.24. The zero-order chi connectivity index (χ0) is 13.1. The first-order chi connectivity index (χ1) is 9.16. The molecular formula is C14H11FO4. The van der Waals surface area contributed by atoms with Gasteiger partial charge in [-0.1, -0.05) is 0 Å². The largest absolute Gasteiger partial charge is 0.343 e. The smallest absolute Gasteiger partial charge is 0.218 e. The van der Waals surface area contributed by atoms with Crippen LogP contribution in [0.3, 0.4) is 0 Å². The van der Waals surface area contributed by atoms with Gasteiger partial charge in [0.05, 0.1) is 12.7 Å². The van der Waals surface area contributed by atoms with Crippen molar-refractivity contribution in [3.63, 3.8) is 0 Å². The number of hydrogen-bond donors (Lipinski definition) is 0. The Kier molecular flexibility index (Phi) is 2.20. The molecule has 2 heterocycles. The Bertz CT molecular complexity index is 567. The molecule has 1 aromatic rings. The summed E-state index contributed by atoms with van der Waals surface area (Å²) in [7, 11) is 0. The summed E-state index contributed by atoms with van der Waals surface area (Å²) < 4.78 is 23.5. The SMILES string of the molecule is O=C(c1ccc(F)cc1)[C@@H]1[C@H]2C(=O)[C@@H]3OC[C@@H](O3)[C@@H]12. The summed E-state index contributed by atoms with van der Waals surface area (Å²) in [6.45, 7) is 0.380. The van der Waals surface area contributed by atoms with Crippen molar-refractivity contribution in [1.82, 2.24) is 0 Å². The normalized spacial score (nSPS) is 39.0. The number of ether oxygens (including phenoxy) is 2. The summed E-state index contributed by atoms with van der Waals surface area (Å²) in [5.41, 5.74) is 0.449. The number of rotatable bonds is 2. The molecule has 19 heavy (non-hydrogen) atoms. The predicted octanol–water partition coefficient (Wildman–Crippen LogP) is 1.19. The maximum atomic E-state index is 12.8. The zero-order valence-electron chi connectivity index (χ0n) is 9.91. The summed E-state index contributed by atoms with van der Waals surface area (Å²) in [4.78, 5) is 24.3. The third kappa shape index (κ3) is 1.52. The quantitative estimate of drug-likeness (QED) is 0.751. The van der Waals surface area contributed by atoms with E-state index < -0.39 is 6.29 Å². The minimum absolute atomic E-state index is 0.0659. The molecule has 3 aliphatic rings. The molecule has 0 aromatic heterocycles. The lowest BCUT2D eigenvalue weighted by atomic mass is 10.0. The second-order valence-electron chi connectivity index (χ2n) is 5.24. The molecule has 4 rings (SSSR count). The van der Waals surface area contributed by atoms with Crippen LogP contribution >= 0.6 is 0 Å². The molecule has 2 bridgehead atoms. The zero-order valence-corrected chi connectivity index (χ0v) is 9.91. The molecule has 0 amide bonds. The van der Waals surface area contributed by atoms with Crippen molar-refractivity contribution in [2.45, 2.75) is 12.4 Å². The van der Waals surface area contributed by atoms with Crippen LogP contribution in [0, 0.1) is 23.6 Å². The number of carbonyl (C=O) groups excluding carboxylic acids is 2. The first kappa shape index (κ1) is 11.3. The monoisotopic (exact) mass is 262 g/mol. The van der Waals surface area contributed by atoms with E-state index in [-0.39, 0.29) is 41.2 Å². The Balaban J connectivity index is 1.60. The molecular weight excluding hydrogens is 251 g/mol. The van der Waals surface area contributed by atoms with Crippen molar-refractivity contribution in [3.05, 3.63) is 35.6 Å². The highest BCUT2D eigenvalue weighted by atomic mass is 19.1. The maximum Gasteiger partial charge on any atom is 0.218 e. The molecule has 5 heteroatoms. The molecule has 2 aliphatic heterocycles. The van der Waals surface area contributed by atoms with E-state index in [4.69, 9.17) is 9.47 Å². The van der Waals surface area contributed by atoms with Crippen LogP contribution in [0.5, 0.6) is 0 Å². The Morgan fingerprint density at radius 2 is 2.00 bits per heavy atom. The van der Waals surface area contributed by atoms with E-state index in [1.165, 1.54) is 24.3 Å². The standard InChI is InChI=1S/C14H11FO4/c15-7-3-1-6(2-4-7)12(16)10-9-8-5-18-14(19-8)13(17)11(9)10/h1-4,8-11,14H,5H2/t8-,9+,10+,11+,14-/m1/s1. The van der Waals surface area contributed by atoms with Crippen LogP contribution < -0.4 is 0 Å². The van der Waals surface area contributed by atoms with E-state index in [2.05, 4.69) is 0 Å². The number of fused-ring (bicyclic) bond motifs is 4. The van der Waals surface area contributed by atoms with Gasteiger partial charge in [0.1, 0.15) is 5.82 Å². The van der Waals surface area contributed by atoms with Crippen LogP contribution in [-0.4, -0.2) is 30.6 Å². The summed E-state index contributed by atoms with van der Waals surface area (Å²) >= 11 is 0. The lowest BCUT2D eigenvalue weighted by Gasteiger charge is -2.14. The molecule has 0 unspecified atom stereocenters. The highest BCUT2D eigenvalue weighted by Gasteiger charge is 2.68. The molecule has 3 fully saturated rings. The summed E-state index contributed by atoms with van der Waals surface area (Å²) in [5.74, 6) is -1.26. The molecule has 2 saturated heterocycles. The van der Waals surface area contributed by atoms with Gasteiger partial charge in [0.2, 0.25) is 6.29 Å². The van der Waals surface area contributed by atoms with E-state index in [9.17, 15) is 14.0 Å². The van der Waals surface area contributed by atoms with E-state index in [0.717, 1.165) is 0 Å². The minimum atomic E-state index is -0.780. The molecule has 0 N–H and O–H groups in total. The van der Waals surface area contributed by atoms with Gasteiger partial charge in [-0.2, -0.15) is 0 Å².